The smallest absolute Gasteiger partial charge is 0.329 e. The third kappa shape index (κ3) is 1.80. The highest BCUT2D eigenvalue weighted by Crippen LogP contribution is 2.24. The van der Waals surface area contributed by atoms with Crippen LogP contribution in [0.25, 0.3) is 0 Å². The number of esters is 1. The maximum absolute atomic E-state index is 11.7. The fraction of sp³-hybridized carbons (Fsp3) is 0.500. The number of carbonyl (C=O) groups is 1. The molecular weight excluding hydrogens is 228 g/mol. The molecule has 6 heteroatoms. The highest BCUT2D eigenvalue weighted by molar-refractivity contribution is 7.71. The summed E-state index contributed by atoms with van der Waals surface area (Å²) in [5, 5.41) is 0. The van der Waals surface area contributed by atoms with Crippen LogP contribution >= 0.6 is 12.2 Å². The van der Waals surface area contributed by atoms with Gasteiger partial charge in [0.05, 0.1) is 0 Å². The zero-order valence-corrected chi connectivity index (χ0v) is 9.84. The molecule has 2 heterocycles. The van der Waals surface area contributed by atoms with Gasteiger partial charge in [-0.05, 0) is 13.8 Å². The first-order valence-corrected chi connectivity index (χ1v) is 5.42. The lowest BCUT2D eigenvalue weighted by Gasteiger charge is -2.10. The molecule has 2 unspecified atom stereocenters. The number of rotatable bonds is 1. The summed E-state index contributed by atoms with van der Waals surface area (Å²) < 4.78 is 6.78. The van der Waals surface area contributed by atoms with Crippen LogP contribution in [-0.4, -0.2) is 21.6 Å². The molecule has 1 aliphatic heterocycles. The number of hydrogen-bond donors (Lipinski definition) is 1. The number of ether oxygens (including phenoxy) is 1. The van der Waals surface area contributed by atoms with Crippen LogP contribution in [0.4, 0.5) is 0 Å². The molecule has 0 saturated carbocycles. The SMILES string of the molecule is Cc1cn(C2CC(C)OC2=O)c(=O)[nH]c1=S. The molecule has 0 spiro atoms. The van der Waals surface area contributed by atoms with Crippen molar-refractivity contribution in [1.82, 2.24) is 9.55 Å². The Morgan fingerprint density at radius 1 is 1.56 bits per heavy atom. The highest BCUT2D eigenvalue weighted by atomic mass is 32.1. The molecule has 1 fully saturated rings. The van der Waals surface area contributed by atoms with E-state index in [0.717, 1.165) is 5.56 Å². The third-order valence-electron chi connectivity index (χ3n) is 2.63. The molecule has 2 rings (SSSR count). The lowest BCUT2D eigenvalue weighted by Crippen LogP contribution is -2.29. The Bertz CT molecular complexity index is 546. The molecule has 86 valence electrons. The van der Waals surface area contributed by atoms with Crippen molar-refractivity contribution in [3.8, 4) is 0 Å². The number of H-pyrrole nitrogens is 1. The second-order valence-corrected chi connectivity index (χ2v) is 4.39. The van der Waals surface area contributed by atoms with Gasteiger partial charge in [-0.15, -0.1) is 0 Å². The maximum atomic E-state index is 11.7. The Hall–Kier alpha value is -1.43. The lowest BCUT2D eigenvalue weighted by molar-refractivity contribution is -0.143. The van der Waals surface area contributed by atoms with E-state index >= 15 is 0 Å². The number of hydrogen-bond acceptors (Lipinski definition) is 4. The van der Waals surface area contributed by atoms with E-state index in [2.05, 4.69) is 4.98 Å². The molecule has 0 radical (unpaired) electrons. The van der Waals surface area contributed by atoms with Gasteiger partial charge in [0.1, 0.15) is 16.8 Å². The summed E-state index contributed by atoms with van der Waals surface area (Å²) in [6.45, 7) is 3.60. The standard InChI is InChI=1S/C10H12N2O3S/c1-5-4-12(10(14)11-8(5)16)7-3-6(2)15-9(7)13/h4,6-7H,3H2,1-2H3,(H,11,14,16). The Morgan fingerprint density at radius 3 is 2.81 bits per heavy atom. The molecule has 2 atom stereocenters. The molecule has 0 bridgehead atoms. The number of aryl methyl sites for hydroxylation is 1. The second kappa shape index (κ2) is 3.86. The predicted octanol–water partition coefficient (Wildman–Crippen LogP) is 1.09. The van der Waals surface area contributed by atoms with E-state index in [-0.39, 0.29) is 17.8 Å². The van der Waals surface area contributed by atoms with Gasteiger partial charge in [-0.2, -0.15) is 0 Å². The van der Waals surface area contributed by atoms with Crippen molar-refractivity contribution in [2.45, 2.75) is 32.4 Å². The van der Waals surface area contributed by atoms with E-state index in [4.69, 9.17) is 17.0 Å². The predicted molar refractivity (Wildman–Crippen MR) is 59.8 cm³/mol. The molecule has 5 nitrogen and oxygen atoms in total. The summed E-state index contributed by atoms with van der Waals surface area (Å²) in [6, 6.07) is -0.534. The van der Waals surface area contributed by atoms with Crippen molar-refractivity contribution < 1.29 is 9.53 Å². The third-order valence-corrected chi connectivity index (χ3v) is 3.05. The first kappa shape index (κ1) is 11.1. The molecule has 0 amide bonds. The zero-order chi connectivity index (χ0) is 11.9. The minimum absolute atomic E-state index is 0.145. The molecule has 0 aliphatic carbocycles. The summed E-state index contributed by atoms with van der Waals surface area (Å²) in [7, 11) is 0. The molecule has 0 aromatic carbocycles. The fourth-order valence-electron chi connectivity index (χ4n) is 1.78. The Kier molecular flexibility index (Phi) is 2.67. The zero-order valence-electron chi connectivity index (χ0n) is 9.02. The lowest BCUT2D eigenvalue weighted by atomic mass is 10.2. The topological polar surface area (TPSA) is 64.1 Å². The van der Waals surface area contributed by atoms with Crippen LogP contribution in [-0.2, 0) is 9.53 Å². The number of nitrogens with one attached hydrogen (secondary N) is 1. The van der Waals surface area contributed by atoms with Gasteiger partial charge in [-0.1, -0.05) is 12.2 Å². The fourth-order valence-corrected chi connectivity index (χ4v) is 1.92. The molecule has 1 aromatic rings. The van der Waals surface area contributed by atoms with Crippen LogP contribution in [0.2, 0.25) is 0 Å². The van der Waals surface area contributed by atoms with Crippen LogP contribution < -0.4 is 5.69 Å². The number of nitrogens with zero attached hydrogens (tertiary/aromatic N) is 1. The van der Waals surface area contributed by atoms with Crippen LogP contribution in [0, 0.1) is 11.6 Å². The van der Waals surface area contributed by atoms with E-state index in [9.17, 15) is 9.59 Å². The number of aromatic nitrogens is 2. The summed E-state index contributed by atoms with van der Waals surface area (Å²) in [4.78, 5) is 25.7. The average Bonchev–Trinajstić information content (AvgIpc) is 2.51. The van der Waals surface area contributed by atoms with Crippen LogP contribution in [0.3, 0.4) is 0 Å². The Balaban J connectivity index is 2.49. The summed E-state index contributed by atoms with van der Waals surface area (Å²) in [6.07, 6.45) is 1.97. The summed E-state index contributed by atoms with van der Waals surface area (Å²) in [5.74, 6) is -0.362. The average molecular weight is 240 g/mol. The first-order valence-electron chi connectivity index (χ1n) is 5.01. The van der Waals surface area contributed by atoms with Gasteiger partial charge in [0.25, 0.3) is 0 Å². The van der Waals surface area contributed by atoms with E-state index in [0.29, 0.717) is 11.1 Å². The molecular formula is C10H12N2O3S. The Morgan fingerprint density at radius 2 is 2.25 bits per heavy atom. The summed E-state index contributed by atoms with van der Waals surface area (Å²) in [5.41, 5.74) is 0.397. The highest BCUT2D eigenvalue weighted by Gasteiger charge is 2.33. The monoisotopic (exact) mass is 240 g/mol. The van der Waals surface area contributed by atoms with Gasteiger partial charge in [0, 0.05) is 18.2 Å². The maximum Gasteiger partial charge on any atom is 0.329 e. The number of carbonyl (C=O) groups excluding carboxylic acids is 1. The molecule has 1 aliphatic rings. The van der Waals surface area contributed by atoms with Crippen molar-refractivity contribution >= 4 is 18.2 Å². The quantitative estimate of drug-likeness (QED) is 0.589. The number of aromatic amines is 1. The van der Waals surface area contributed by atoms with Crippen LogP contribution in [0.15, 0.2) is 11.0 Å². The molecule has 16 heavy (non-hydrogen) atoms. The van der Waals surface area contributed by atoms with Gasteiger partial charge in [0.15, 0.2) is 0 Å². The minimum Gasteiger partial charge on any atom is -0.461 e. The second-order valence-electron chi connectivity index (χ2n) is 3.98. The Labute approximate surface area is 97.1 Å². The minimum atomic E-state index is -0.534. The van der Waals surface area contributed by atoms with Gasteiger partial charge < -0.3 is 4.74 Å². The molecule has 1 saturated heterocycles. The number of cyclic esters (lactones) is 1. The van der Waals surface area contributed by atoms with E-state index in [1.165, 1.54) is 4.57 Å². The first-order chi connectivity index (χ1) is 7.49. The van der Waals surface area contributed by atoms with Crippen LogP contribution in [0.1, 0.15) is 24.9 Å². The van der Waals surface area contributed by atoms with Gasteiger partial charge in [0.2, 0.25) is 0 Å². The van der Waals surface area contributed by atoms with Gasteiger partial charge in [-0.25, -0.2) is 9.59 Å². The molecule has 1 N–H and O–H groups in total. The van der Waals surface area contributed by atoms with Crippen molar-refractivity contribution in [3.05, 3.63) is 26.9 Å². The van der Waals surface area contributed by atoms with E-state index in [1.807, 2.05) is 0 Å². The van der Waals surface area contributed by atoms with E-state index in [1.54, 1.807) is 20.0 Å². The largest absolute Gasteiger partial charge is 0.461 e. The van der Waals surface area contributed by atoms with E-state index < -0.39 is 6.04 Å². The molecule has 1 aromatic heterocycles. The van der Waals surface area contributed by atoms with Crippen molar-refractivity contribution in [2.24, 2.45) is 0 Å². The van der Waals surface area contributed by atoms with Crippen molar-refractivity contribution in [2.75, 3.05) is 0 Å². The van der Waals surface area contributed by atoms with Crippen LogP contribution in [0.5, 0.6) is 0 Å². The summed E-state index contributed by atoms with van der Waals surface area (Å²) >= 11 is 4.94. The van der Waals surface area contributed by atoms with Gasteiger partial charge in [-0.3, -0.25) is 9.55 Å². The van der Waals surface area contributed by atoms with Gasteiger partial charge >= 0.3 is 11.7 Å². The normalized spacial score (nSPS) is 24.5. The van der Waals surface area contributed by atoms with Crippen molar-refractivity contribution in [1.29, 1.82) is 0 Å². The van der Waals surface area contributed by atoms with Crippen molar-refractivity contribution in [3.63, 3.8) is 0 Å².